The van der Waals surface area contributed by atoms with E-state index in [0.29, 0.717) is 18.6 Å². The molecule has 1 aliphatic rings. The second-order valence-electron chi connectivity index (χ2n) is 5.68. The molecule has 110 valence electrons. The molecule has 21 heavy (non-hydrogen) atoms. The third kappa shape index (κ3) is 2.97. The number of amides is 1. The maximum absolute atomic E-state index is 11.9. The first-order valence-electron chi connectivity index (χ1n) is 7.06. The topological polar surface area (TPSA) is 75.4 Å². The summed E-state index contributed by atoms with van der Waals surface area (Å²) in [7, 11) is 0. The normalized spacial score (nSPS) is 20.9. The first-order valence-corrected chi connectivity index (χ1v) is 7.06. The van der Waals surface area contributed by atoms with E-state index in [1.165, 1.54) is 5.56 Å². The highest BCUT2D eigenvalue weighted by Crippen LogP contribution is 2.28. The largest absolute Gasteiger partial charge is 0.388 e. The second kappa shape index (κ2) is 5.33. The van der Waals surface area contributed by atoms with Crippen molar-refractivity contribution in [2.75, 3.05) is 6.54 Å². The lowest BCUT2D eigenvalue weighted by atomic mass is 9.80. The van der Waals surface area contributed by atoms with Crippen LogP contribution in [0.2, 0.25) is 0 Å². The Morgan fingerprint density at radius 1 is 1.43 bits per heavy atom. The molecule has 1 aliphatic carbocycles. The number of carbonyl (C=O) groups excluding carboxylic acids is 1. The van der Waals surface area contributed by atoms with E-state index in [4.69, 9.17) is 4.52 Å². The van der Waals surface area contributed by atoms with Crippen LogP contribution in [0.3, 0.4) is 0 Å². The predicted molar refractivity (Wildman–Crippen MR) is 77.0 cm³/mol. The molecule has 1 amide bonds. The average molecular weight is 286 g/mol. The fraction of sp³-hybridized carbons (Fsp3) is 0.375. The SMILES string of the molecule is Cc1cc(C(=O)NCC2(O)CCc3ccccc3C2)no1. The van der Waals surface area contributed by atoms with E-state index in [-0.39, 0.29) is 18.1 Å². The van der Waals surface area contributed by atoms with Crippen molar-refractivity contribution in [3.63, 3.8) is 0 Å². The Morgan fingerprint density at radius 2 is 2.19 bits per heavy atom. The Labute approximate surface area is 123 Å². The molecule has 0 bridgehead atoms. The van der Waals surface area contributed by atoms with Gasteiger partial charge >= 0.3 is 0 Å². The molecule has 2 N–H and O–H groups in total. The number of aryl methyl sites for hydroxylation is 2. The van der Waals surface area contributed by atoms with Gasteiger partial charge in [0.15, 0.2) is 5.69 Å². The number of benzene rings is 1. The summed E-state index contributed by atoms with van der Waals surface area (Å²) in [5, 5.41) is 17.1. The Kier molecular flexibility index (Phi) is 3.51. The average Bonchev–Trinajstić information content (AvgIpc) is 2.91. The van der Waals surface area contributed by atoms with Gasteiger partial charge in [-0.15, -0.1) is 0 Å². The number of nitrogens with zero attached hydrogens (tertiary/aromatic N) is 1. The monoisotopic (exact) mass is 286 g/mol. The van der Waals surface area contributed by atoms with Gasteiger partial charge < -0.3 is 14.9 Å². The van der Waals surface area contributed by atoms with Crippen LogP contribution in [0, 0.1) is 6.92 Å². The molecule has 2 aromatic rings. The molecule has 0 radical (unpaired) electrons. The Morgan fingerprint density at radius 3 is 2.90 bits per heavy atom. The van der Waals surface area contributed by atoms with Crippen LogP contribution in [-0.4, -0.2) is 28.3 Å². The molecule has 0 saturated carbocycles. The lowest BCUT2D eigenvalue weighted by Crippen LogP contribution is -2.46. The molecule has 1 aromatic carbocycles. The lowest BCUT2D eigenvalue weighted by Gasteiger charge is -2.33. The van der Waals surface area contributed by atoms with Gasteiger partial charge in [-0.2, -0.15) is 0 Å². The van der Waals surface area contributed by atoms with E-state index in [9.17, 15) is 9.90 Å². The van der Waals surface area contributed by atoms with Crippen LogP contribution in [0.5, 0.6) is 0 Å². The molecule has 1 unspecified atom stereocenters. The molecule has 1 heterocycles. The fourth-order valence-corrected chi connectivity index (χ4v) is 2.74. The number of hydrogen-bond acceptors (Lipinski definition) is 4. The van der Waals surface area contributed by atoms with Crippen molar-refractivity contribution in [3.05, 3.63) is 52.9 Å². The predicted octanol–water partition coefficient (Wildman–Crippen LogP) is 1.63. The van der Waals surface area contributed by atoms with Crippen LogP contribution in [0.1, 0.15) is 33.8 Å². The smallest absolute Gasteiger partial charge is 0.273 e. The van der Waals surface area contributed by atoms with Crippen LogP contribution < -0.4 is 5.32 Å². The van der Waals surface area contributed by atoms with Crippen molar-refractivity contribution in [3.8, 4) is 0 Å². The number of aliphatic hydroxyl groups is 1. The van der Waals surface area contributed by atoms with Gasteiger partial charge in [-0.05, 0) is 30.9 Å². The van der Waals surface area contributed by atoms with Gasteiger partial charge in [-0.1, -0.05) is 29.4 Å². The van der Waals surface area contributed by atoms with E-state index >= 15 is 0 Å². The Balaban J connectivity index is 1.64. The van der Waals surface area contributed by atoms with Crippen molar-refractivity contribution in [2.45, 2.75) is 31.8 Å². The summed E-state index contributed by atoms with van der Waals surface area (Å²) >= 11 is 0. The number of aromatic nitrogens is 1. The Bertz CT molecular complexity index is 665. The highest BCUT2D eigenvalue weighted by atomic mass is 16.5. The fourth-order valence-electron chi connectivity index (χ4n) is 2.74. The summed E-state index contributed by atoms with van der Waals surface area (Å²) in [6, 6.07) is 9.68. The maximum atomic E-state index is 11.9. The van der Waals surface area contributed by atoms with Gasteiger partial charge in [0.25, 0.3) is 5.91 Å². The van der Waals surface area contributed by atoms with Crippen LogP contribution in [-0.2, 0) is 12.8 Å². The third-order valence-electron chi connectivity index (χ3n) is 3.94. The molecule has 5 heteroatoms. The van der Waals surface area contributed by atoms with Crippen molar-refractivity contribution in [1.82, 2.24) is 10.5 Å². The molecule has 0 fully saturated rings. The lowest BCUT2D eigenvalue weighted by molar-refractivity contribution is 0.0259. The van der Waals surface area contributed by atoms with Gasteiger partial charge in [0.2, 0.25) is 0 Å². The summed E-state index contributed by atoms with van der Waals surface area (Å²) in [5.41, 5.74) is 1.77. The molecule has 3 rings (SSSR count). The summed E-state index contributed by atoms with van der Waals surface area (Å²) in [6.45, 7) is 1.95. The van der Waals surface area contributed by atoms with Gasteiger partial charge in [0, 0.05) is 19.0 Å². The molecule has 1 atom stereocenters. The number of fused-ring (bicyclic) bond motifs is 1. The standard InChI is InChI=1S/C16H18N2O3/c1-11-8-14(18-21-11)15(19)17-10-16(20)7-6-12-4-2-3-5-13(12)9-16/h2-5,8,20H,6-7,9-10H2,1H3,(H,17,19). The summed E-state index contributed by atoms with van der Waals surface area (Å²) in [6.07, 6.45) is 2.02. The molecule has 0 aliphatic heterocycles. The van der Waals surface area contributed by atoms with E-state index in [1.54, 1.807) is 13.0 Å². The minimum atomic E-state index is -0.900. The zero-order valence-corrected chi connectivity index (χ0v) is 11.9. The zero-order chi connectivity index (χ0) is 14.9. The quantitative estimate of drug-likeness (QED) is 0.899. The molecular weight excluding hydrogens is 268 g/mol. The van der Waals surface area contributed by atoms with Crippen molar-refractivity contribution < 1.29 is 14.4 Å². The highest BCUT2D eigenvalue weighted by molar-refractivity contribution is 5.92. The van der Waals surface area contributed by atoms with Gasteiger partial charge in [-0.3, -0.25) is 4.79 Å². The van der Waals surface area contributed by atoms with Gasteiger partial charge in [0.05, 0.1) is 5.60 Å². The van der Waals surface area contributed by atoms with E-state index in [2.05, 4.69) is 16.5 Å². The first-order chi connectivity index (χ1) is 10.1. The van der Waals surface area contributed by atoms with Crippen LogP contribution in [0.25, 0.3) is 0 Å². The summed E-state index contributed by atoms with van der Waals surface area (Å²) in [5.74, 6) is 0.268. The van der Waals surface area contributed by atoms with E-state index in [0.717, 1.165) is 12.0 Å². The zero-order valence-electron chi connectivity index (χ0n) is 11.9. The second-order valence-corrected chi connectivity index (χ2v) is 5.68. The highest BCUT2D eigenvalue weighted by Gasteiger charge is 2.32. The molecule has 0 saturated heterocycles. The molecule has 5 nitrogen and oxygen atoms in total. The summed E-state index contributed by atoms with van der Waals surface area (Å²) < 4.78 is 4.88. The van der Waals surface area contributed by atoms with Crippen molar-refractivity contribution in [1.29, 1.82) is 0 Å². The van der Waals surface area contributed by atoms with Crippen LogP contribution in [0.15, 0.2) is 34.9 Å². The molecule has 0 spiro atoms. The van der Waals surface area contributed by atoms with E-state index in [1.807, 2.05) is 18.2 Å². The van der Waals surface area contributed by atoms with Crippen LogP contribution >= 0.6 is 0 Å². The van der Waals surface area contributed by atoms with Gasteiger partial charge in [0.1, 0.15) is 5.76 Å². The van der Waals surface area contributed by atoms with Gasteiger partial charge in [-0.25, -0.2) is 0 Å². The number of hydrogen-bond donors (Lipinski definition) is 2. The van der Waals surface area contributed by atoms with Crippen LogP contribution in [0.4, 0.5) is 0 Å². The number of carbonyl (C=O) groups is 1. The number of nitrogens with one attached hydrogen (secondary N) is 1. The third-order valence-corrected chi connectivity index (χ3v) is 3.94. The van der Waals surface area contributed by atoms with Crippen molar-refractivity contribution >= 4 is 5.91 Å². The Hall–Kier alpha value is -2.14. The van der Waals surface area contributed by atoms with Crippen molar-refractivity contribution in [2.24, 2.45) is 0 Å². The first kappa shape index (κ1) is 13.8. The molecule has 1 aromatic heterocycles. The summed E-state index contributed by atoms with van der Waals surface area (Å²) in [4.78, 5) is 11.9. The maximum Gasteiger partial charge on any atom is 0.273 e. The minimum Gasteiger partial charge on any atom is -0.388 e. The van der Waals surface area contributed by atoms with E-state index < -0.39 is 5.60 Å². The minimum absolute atomic E-state index is 0.214. The molecular formula is C16H18N2O3. The number of rotatable bonds is 3.